The minimum atomic E-state index is -1.04. The average Bonchev–Trinajstić information content (AvgIpc) is 2.95. The van der Waals surface area contributed by atoms with Crippen LogP contribution in [-0.4, -0.2) is 42.0 Å². The third kappa shape index (κ3) is 10.6. The van der Waals surface area contributed by atoms with Crippen LogP contribution in [0.1, 0.15) is 48.4 Å². The van der Waals surface area contributed by atoms with Gasteiger partial charge in [-0.05, 0) is 42.0 Å². The number of carbonyl (C=O) groups excluding carboxylic acids is 3. The van der Waals surface area contributed by atoms with E-state index >= 15 is 0 Å². The molecule has 0 radical (unpaired) electrons. The van der Waals surface area contributed by atoms with Crippen molar-refractivity contribution in [3.05, 3.63) is 95.6 Å². The molecule has 0 aliphatic heterocycles. The Morgan fingerprint density at radius 2 is 1.43 bits per heavy atom. The maximum atomic E-state index is 12.5. The molecule has 1 atom stereocenters. The summed E-state index contributed by atoms with van der Waals surface area (Å²) in [5.41, 5.74) is 4.85. The molecule has 3 aromatic carbocycles. The number of carbonyl (C=O) groups is 4. The summed E-state index contributed by atoms with van der Waals surface area (Å²) >= 11 is 0. The molecule has 3 rings (SSSR count). The van der Waals surface area contributed by atoms with E-state index in [1.807, 2.05) is 73.7 Å². The zero-order valence-electron chi connectivity index (χ0n) is 22.6. The van der Waals surface area contributed by atoms with Gasteiger partial charge in [0.1, 0.15) is 0 Å². The smallest absolute Gasteiger partial charge is 0.315 e. The van der Waals surface area contributed by atoms with Crippen LogP contribution >= 0.6 is 0 Å². The molecule has 3 aromatic rings. The molecule has 0 spiro atoms. The van der Waals surface area contributed by atoms with E-state index in [0.29, 0.717) is 31.5 Å². The van der Waals surface area contributed by atoms with E-state index < -0.39 is 17.9 Å². The first kappa shape index (κ1) is 29.9. The minimum absolute atomic E-state index is 0.208. The van der Waals surface area contributed by atoms with Gasteiger partial charge in [0.2, 0.25) is 11.8 Å². The molecular formula is C31H36N4O5. The fourth-order valence-corrected chi connectivity index (χ4v) is 4.04. The van der Waals surface area contributed by atoms with E-state index in [9.17, 15) is 24.3 Å². The number of aliphatic carboxylic acids is 1. The van der Waals surface area contributed by atoms with Crippen molar-refractivity contribution >= 4 is 23.8 Å². The second kappa shape index (κ2) is 15.7. The standard InChI is InChI=1S/C31H36N4O5/c1-22-10-12-23(13-11-22)20-34-31(40)32-18-6-5-9-28(36)33-21-29(37)35-27(19-30(38)39)26-16-14-25(15-17-26)24-7-3-2-4-8-24/h2-4,7-8,10-17,27H,5-6,9,18-21H2,1H3,(H,33,36)(H,35,37)(H,38,39)(H2,32,34,40). The summed E-state index contributed by atoms with van der Waals surface area (Å²) in [6, 6.07) is 24.0. The Labute approximate surface area is 234 Å². The zero-order chi connectivity index (χ0) is 28.7. The number of benzene rings is 3. The Hall–Kier alpha value is -4.66. The number of amides is 4. The van der Waals surface area contributed by atoms with Crippen LogP contribution in [0.15, 0.2) is 78.9 Å². The monoisotopic (exact) mass is 544 g/mol. The SMILES string of the molecule is Cc1ccc(CNC(=O)NCCCCC(=O)NCC(=O)NC(CC(=O)O)c2ccc(-c3ccccc3)cc2)cc1. The summed E-state index contributed by atoms with van der Waals surface area (Å²) in [5, 5.41) is 20.1. The van der Waals surface area contributed by atoms with Crippen LogP contribution in [0.5, 0.6) is 0 Å². The number of rotatable bonds is 14. The summed E-state index contributed by atoms with van der Waals surface area (Å²) in [4.78, 5) is 47.9. The molecule has 0 heterocycles. The topological polar surface area (TPSA) is 137 Å². The second-order valence-corrected chi connectivity index (χ2v) is 9.53. The molecular weight excluding hydrogens is 508 g/mol. The second-order valence-electron chi connectivity index (χ2n) is 9.53. The van der Waals surface area contributed by atoms with E-state index in [1.165, 1.54) is 0 Å². The molecule has 0 aliphatic carbocycles. The predicted molar refractivity (Wildman–Crippen MR) is 153 cm³/mol. The summed E-state index contributed by atoms with van der Waals surface area (Å²) in [7, 11) is 0. The maximum Gasteiger partial charge on any atom is 0.315 e. The highest BCUT2D eigenvalue weighted by Crippen LogP contribution is 2.23. The molecule has 0 saturated carbocycles. The third-order valence-corrected chi connectivity index (χ3v) is 6.27. The summed E-state index contributed by atoms with van der Waals surface area (Å²) in [6.07, 6.45) is 1.08. The Kier molecular flexibility index (Phi) is 11.7. The number of nitrogens with one attached hydrogen (secondary N) is 4. The molecule has 9 heteroatoms. The van der Waals surface area contributed by atoms with Crippen molar-refractivity contribution in [2.24, 2.45) is 0 Å². The molecule has 0 fully saturated rings. The van der Waals surface area contributed by atoms with Crippen molar-refractivity contribution in [2.45, 2.75) is 45.2 Å². The lowest BCUT2D eigenvalue weighted by molar-refractivity contribution is -0.138. The fourth-order valence-electron chi connectivity index (χ4n) is 4.04. The summed E-state index contributed by atoms with van der Waals surface area (Å²) in [5.74, 6) is -1.81. The van der Waals surface area contributed by atoms with Gasteiger partial charge in [-0.2, -0.15) is 0 Å². The van der Waals surface area contributed by atoms with Crippen LogP contribution in [0.2, 0.25) is 0 Å². The number of aryl methyl sites for hydroxylation is 1. The Morgan fingerprint density at radius 1 is 0.750 bits per heavy atom. The average molecular weight is 545 g/mol. The largest absolute Gasteiger partial charge is 0.481 e. The van der Waals surface area contributed by atoms with Gasteiger partial charge in [0.05, 0.1) is 19.0 Å². The molecule has 40 heavy (non-hydrogen) atoms. The molecule has 0 aromatic heterocycles. The molecule has 5 N–H and O–H groups in total. The lowest BCUT2D eigenvalue weighted by Gasteiger charge is -2.18. The normalized spacial score (nSPS) is 11.2. The highest BCUT2D eigenvalue weighted by atomic mass is 16.4. The van der Waals surface area contributed by atoms with Crippen molar-refractivity contribution in [1.29, 1.82) is 0 Å². The molecule has 210 valence electrons. The van der Waals surface area contributed by atoms with E-state index in [-0.39, 0.29) is 31.3 Å². The van der Waals surface area contributed by atoms with Gasteiger partial charge in [-0.15, -0.1) is 0 Å². The Balaban J connectivity index is 1.34. The van der Waals surface area contributed by atoms with Crippen LogP contribution in [0, 0.1) is 6.92 Å². The first-order chi connectivity index (χ1) is 19.3. The van der Waals surface area contributed by atoms with Crippen molar-refractivity contribution in [2.75, 3.05) is 13.1 Å². The number of hydrogen-bond donors (Lipinski definition) is 5. The minimum Gasteiger partial charge on any atom is -0.481 e. The number of hydrogen-bond acceptors (Lipinski definition) is 4. The quantitative estimate of drug-likeness (QED) is 0.195. The van der Waals surface area contributed by atoms with E-state index in [4.69, 9.17) is 0 Å². The maximum absolute atomic E-state index is 12.5. The van der Waals surface area contributed by atoms with Gasteiger partial charge in [0.25, 0.3) is 0 Å². The van der Waals surface area contributed by atoms with Crippen LogP contribution in [-0.2, 0) is 20.9 Å². The fraction of sp³-hybridized carbons (Fsp3) is 0.290. The zero-order valence-corrected chi connectivity index (χ0v) is 22.6. The Morgan fingerprint density at radius 3 is 2.10 bits per heavy atom. The summed E-state index contributed by atoms with van der Waals surface area (Å²) < 4.78 is 0. The van der Waals surface area contributed by atoms with Gasteiger partial charge in [-0.1, -0.05) is 84.4 Å². The van der Waals surface area contributed by atoms with Crippen LogP contribution in [0.3, 0.4) is 0 Å². The van der Waals surface area contributed by atoms with Crippen molar-refractivity contribution < 1.29 is 24.3 Å². The van der Waals surface area contributed by atoms with E-state index in [0.717, 1.165) is 22.3 Å². The van der Waals surface area contributed by atoms with Crippen molar-refractivity contribution in [3.8, 4) is 11.1 Å². The van der Waals surface area contributed by atoms with Gasteiger partial charge < -0.3 is 26.4 Å². The molecule has 0 aliphatic rings. The molecule has 0 bridgehead atoms. The van der Waals surface area contributed by atoms with Crippen LogP contribution in [0.25, 0.3) is 11.1 Å². The van der Waals surface area contributed by atoms with Gasteiger partial charge in [-0.3, -0.25) is 14.4 Å². The van der Waals surface area contributed by atoms with E-state index in [1.54, 1.807) is 12.1 Å². The number of carboxylic acids is 1. The number of urea groups is 1. The van der Waals surface area contributed by atoms with Gasteiger partial charge in [-0.25, -0.2) is 4.79 Å². The van der Waals surface area contributed by atoms with Gasteiger partial charge in [0, 0.05) is 19.5 Å². The molecule has 9 nitrogen and oxygen atoms in total. The highest BCUT2D eigenvalue weighted by molar-refractivity contribution is 5.85. The van der Waals surface area contributed by atoms with Crippen LogP contribution < -0.4 is 21.3 Å². The lowest BCUT2D eigenvalue weighted by atomic mass is 9.99. The third-order valence-electron chi connectivity index (χ3n) is 6.27. The first-order valence-corrected chi connectivity index (χ1v) is 13.3. The predicted octanol–water partition coefficient (Wildman–Crippen LogP) is 4.08. The lowest BCUT2D eigenvalue weighted by Crippen LogP contribution is -2.39. The van der Waals surface area contributed by atoms with Crippen LogP contribution in [0.4, 0.5) is 4.79 Å². The molecule has 4 amide bonds. The summed E-state index contributed by atoms with van der Waals surface area (Å²) in [6.45, 7) is 2.61. The Bertz CT molecular complexity index is 1260. The van der Waals surface area contributed by atoms with Crippen molar-refractivity contribution in [3.63, 3.8) is 0 Å². The highest BCUT2D eigenvalue weighted by Gasteiger charge is 2.18. The van der Waals surface area contributed by atoms with Gasteiger partial charge >= 0.3 is 12.0 Å². The number of carboxylic acid groups (broad SMARTS) is 1. The molecule has 0 saturated heterocycles. The van der Waals surface area contributed by atoms with E-state index in [2.05, 4.69) is 21.3 Å². The number of unbranched alkanes of at least 4 members (excludes halogenated alkanes) is 1. The van der Waals surface area contributed by atoms with Crippen molar-refractivity contribution in [1.82, 2.24) is 21.3 Å². The molecule has 1 unspecified atom stereocenters. The first-order valence-electron chi connectivity index (χ1n) is 13.3. The van der Waals surface area contributed by atoms with Gasteiger partial charge in [0.15, 0.2) is 0 Å².